The van der Waals surface area contributed by atoms with Crippen molar-refractivity contribution in [2.45, 2.75) is 58.5 Å². The molecule has 5 nitrogen and oxygen atoms in total. The number of aryl methyl sites for hydroxylation is 1. The van der Waals surface area contributed by atoms with Gasteiger partial charge < -0.3 is 9.80 Å². The van der Waals surface area contributed by atoms with E-state index in [1.54, 1.807) is 0 Å². The molecule has 1 aromatic carbocycles. The summed E-state index contributed by atoms with van der Waals surface area (Å²) in [6.07, 6.45) is 5.49. The topological polar surface area (TPSA) is 30.0 Å². The molecule has 0 aromatic heterocycles. The number of carbonyl (C=O) groups excluding carboxylic acids is 1. The third kappa shape index (κ3) is 5.00. The molecule has 0 radical (unpaired) electrons. The standard InChI is InChI=1S/C25H40N4O/c1-20-8-10-23(11-9-20)29-17-12-26(18-22(29)3)19-25(30)28-15-13-27(14-16-28)24-7-5-4-6-21(24)2/h8-11,21-22,24H,4-7,12-19H2,1-3H3. The summed E-state index contributed by atoms with van der Waals surface area (Å²) in [5.74, 6) is 1.13. The average molecular weight is 413 g/mol. The number of benzene rings is 1. The summed E-state index contributed by atoms with van der Waals surface area (Å²) in [7, 11) is 0. The Balaban J connectivity index is 1.23. The molecule has 1 aromatic rings. The molecular formula is C25H40N4O. The second-order valence-electron chi connectivity index (χ2n) is 9.86. The summed E-state index contributed by atoms with van der Waals surface area (Å²) in [6, 6.07) is 9.99. The van der Waals surface area contributed by atoms with Crippen LogP contribution in [0.25, 0.3) is 0 Å². The van der Waals surface area contributed by atoms with E-state index in [1.807, 2.05) is 0 Å². The molecule has 3 unspecified atom stereocenters. The van der Waals surface area contributed by atoms with E-state index < -0.39 is 0 Å². The van der Waals surface area contributed by atoms with Gasteiger partial charge in [-0.15, -0.1) is 0 Å². The van der Waals surface area contributed by atoms with Gasteiger partial charge in [-0.1, -0.05) is 37.5 Å². The molecular weight excluding hydrogens is 372 g/mol. The quantitative estimate of drug-likeness (QED) is 0.760. The van der Waals surface area contributed by atoms with Crippen molar-refractivity contribution < 1.29 is 4.79 Å². The Morgan fingerprint density at radius 3 is 2.30 bits per heavy atom. The lowest BCUT2D eigenvalue weighted by molar-refractivity contribution is -0.135. The number of rotatable bonds is 4. The second-order valence-corrected chi connectivity index (χ2v) is 9.86. The van der Waals surface area contributed by atoms with E-state index in [1.165, 1.54) is 36.9 Å². The number of anilines is 1. The zero-order valence-electron chi connectivity index (χ0n) is 19.2. The lowest BCUT2D eigenvalue weighted by atomic mass is 9.84. The molecule has 2 saturated heterocycles. The van der Waals surface area contributed by atoms with Crippen LogP contribution in [-0.2, 0) is 4.79 Å². The van der Waals surface area contributed by atoms with Crippen LogP contribution in [0.15, 0.2) is 24.3 Å². The molecule has 4 rings (SSSR count). The minimum atomic E-state index is 0.322. The van der Waals surface area contributed by atoms with Gasteiger partial charge in [-0.25, -0.2) is 0 Å². The highest BCUT2D eigenvalue weighted by Crippen LogP contribution is 2.28. The Hall–Kier alpha value is -1.59. The lowest BCUT2D eigenvalue weighted by Crippen LogP contribution is -2.57. The van der Waals surface area contributed by atoms with Gasteiger partial charge in [0.1, 0.15) is 0 Å². The molecule has 3 fully saturated rings. The summed E-state index contributed by atoms with van der Waals surface area (Å²) in [5, 5.41) is 0. The lowest BCUT2D eigenvalue weighted by Gasteiger charge is -2.44. The van der Waals surface area contributed by atoms with E-state index in [0.29, 0.717) is 18.5 Å². The predicted octanol–water partition coefficient (Wildman–Crippen LogP) is 3.23. The SMILES string of the molecule is Cc1ccc(N2CCN(CC(=O)N3CCN(C4CCCCC4C)CC3)CC2C)cc1. The molecule has 3 aliphatic rings. The van der Waals surface area contributed by atoms with Crippen molar-refractivity contribution in [2.75, 3.05) is 57.3 Å². The highest BCUT2D eigenvalue weighted by atomic mass is 16.2. The average Bonchev–Trinajstić information content (AvgIpc) is 2.75. The number of piperazine rings is 2. The maximum atomic E-state index is 13.0. The zero-order chi connectivity index (χ0) is 21.1. The maximum absolute atomic E-state index is 13.0. The number of hydrogen-bond acceptors (Lipinski definition) is 4. The molecule has 2 heterocycles. The first kappa shape index (κ1) is 21.6. The monoisotopic (exact) mass is 412 g/mol. The molecule has 30 heavy (non-hydrogen) atoms. The highest BCUT2D eigenvalue weighted by molar-refractivity contribution is 5.78. The Labute approximate surface area is 183 Å². The van der Waals surface area contributed by atoms with Crippen LogP contribution in [0, 0.1) is 12.8 Å². The third-order valence-corrected chi connectivity index (χ3v) is 7.64. The van der Waals surface area contributed by atoms with Gasteiger partial charge in [0, 0.05) is 63.6 Å². The van der Waals surface area contributed by atoms with E-state index in [4.69, 9.17) is 0 Å². The van der Waals surface area contributed by atoms with Gasteiger partial charge >= 0.3 is 0 Å². The molecule has 0 spiro atoms. The first-order chi connectivity index (χ1) is 14.5. The minimum absolute atomic E-state index is 0.322. The fraction of sp³-hybridized carbons (Fsp3) is 0.720. The number of amides is 1. The normalized spacial score (nSPS) is 29.2. The van der Waals surface area contributed by atoms with Crippen LogP contribution in [0.1, 0.15) is 45.1 Å². The zero-order valence-corrected chi connectivity index (χ0v) is 19.2. The molecule has 0 bridgehead atoms. The number of nitrogens with zero attached hydrogens (tertiary/aromatic N) is 4. The minimum Gasteiger partial charge on any atom is -0.366 e. The van der Waals surface area contributed by atoms with Gasteiger partial charge in [-0.3, -0.25) is 14.6 Å². The molecule has 2 aliphatic heterocycles. The highest BCUT2D eigenvalue weighted by Gasteiger charge is 2.32. The van der Waals surface area contributed by atoms with E-state index in [-0.39, 0.29) is 0 Å². The summed E-state index contributed by atoms with van der Waals surface area (Å²) >= 11 is 0. The van der Waals surface area contributed by atoms with Crippen molar-refractivity contribution in [3.8, 4) is 0 Å². The van der Waals surface area contributed by atoms with Crippen molar-refractivity contribution in [1.82, 2.24) is 14.7 Å². The van der Waals surface area contributed by atoms with Crippen LogP contribution in [0.4, 0.5) is 5.69 Å². The van der Waals surface area contributed by atoms with E-state index >= 15 is 0 Å². The van der Waals surface area contributed by atoms with Gasteiger partial charge in [0.25, 0.3) is 0 Å². The molecule has 3 atom stereocenters. The Kier molecular flexibility index (Phi) is 6.99. The Morgan fingerprint density at radius 2 is 1.63 bits per heavy atom. The molecule has 1 amide bonds. The van der Waals surface area contributed by atoms with Gasteiger partial charge in [0.2, 0.25) is 5.91 Å². The smallest absolute Gasteiger partial charge is 0.236 e. The van der Waals surface area contributed by atoms with Crippen molar-refractivity contribution in [3.63, 3.8) is 0 Å². The van der Waals surface area contributed by atoms with Crippen molar-refractivity contribution in [2.24, 2.45) is 5.92 Å². The summed E-state index contributed by atoms with van der Waals surface area (Å²) in [4.78, 5) is 22.6. The van der Waals surface area contributed by atoms with Crippen molar-refractivity contribution in [3.05, 3.63) is 29.8 Å². The van der Waals surface area contributed by atoms with Gasteiger partial charge in [0.15, 0.2) is 0 Å². The molecule has 166 valence electrons. The Bertz CT molecular complexity index is 698. The first-order valence-corrected chi connectivity index (χ1v) is 12.1. The van der Waals surface area contributed by atoms with Crippen LogP contribution in [0.2, 0.25) is 0 Å². The van der Waals surface area contributed by atoms with Crippen LogP contribution in [0.5, 0.6) is 0 Å². The Morgan fingerprint density at radius 1 is 0.933 bits per heavy atom. The van der Waals surface area contributed by atoms with E-state index in [0.717, 1.165) is 57.8 Å². The third-order valence-electron chi connectivity index (χ3n) is 7.64. The van der Waals surface area contributed by atoms with Crippen molar-refractivity contribution in [1.29, 1.82) is 0 Å². The fourth-order valence-electron chi connectivity index (χ4n) is 5.73. The van der Waals surface area contributed by atoms with Crippen LogP contribution in [-0.4, -0.2) is 85.0 Å². The van der Waals surface area contributed by atoms with Gasteiger partial charge in [-0.05, 0) is 44.7 Å². The van der Waals surface area contributed by atoms with Crippen LogP contribution in [0.3, 0.4) is 0 Å². The number of carbonyl (C=O) groups is 1. The van der Waals surface area contributed by atoms with E-state index in [2.05, 4.69) is 64.6 Å². The summed E-state index contributed by atoms with van der Waals surface area (Å²) in [6.45, 7) is 14.2. The number of hydrogen-bond donors (Lipinski definition) is 0. The van der Waals surface area contributed by atoms with E-state index in [9.17, 15) is 4.79 Å². The molecule has 1 saturated carbocycles. The predicted molar refractivity (Wildman–Crippen MR) is 124 cm³/mol. The molecule has 0 N–H and O–H groups in total. The first-order valence-electron chi connectivity index (χ1n) is 12.1. The van der Waals surface area contributed by atoms with Crippen LogP contribution >= 0.6 is 0 Å². The maximum Gasteiger partial charge on any atom is 0.236 e. The molecule has 1 aliphatic carbocycles. The van der Waals surface area contributed by atoms with Gasteiger partial charge in [0.05, 0.1) is 6.54 Å². The largest absolute Gasteiger partial charge is 0.366 e. The fourth-order valence-corrected chi connectivity index (χ4v) is 5.73. The molecule has 5 heteroatoms. The van der Waals surface area contributed by atoms with Crippen molar-refractivity contribution >= 4 is 11.6 Å². The summed E-state index contributed by atoms with van der Waals surface area (Å²) in [5.41, 5.74) is 2.60. The van der Waals surface area contributed by atoms with Crippen LogP contribution < -0.4 is 4.90 Å². The van der Waals surface area contributed by atoms with Gasteiger partial charge in [-0.2, -0.15) is 0 Å². The summed E-state index contributed by atoms with van der Waals surface area (Å²) < 4.78 is 0. The second kappa shape index (κ2) is 9.69.